The van der Waals surface area contributed by atoms with E-state index in [0.717, 1.165) is 5.56 Å². The van der Waals surface area contributed by atoms with Gasteiger partial charge in [0, 0.05) is 5.56 Å². The van der Waals surface area contributed by atoms with Crippen LogP contribution in [0.25, 0.3) is 0 Å². The maximum Gasteiger partial charge on any atom is 1.00 e. The summed E-state index contributed by atoms with van der Waals surface area (Å²) in [5, 5.41) is 8.93. The number of carboxylic acid groups (broad SMARTS) is 1. The molecule has 70 valence electrons. The average Bonchev–Trinajstić information content (AvgIpc) is 2.17. The Labute approximate surface area is 106 Å². The van der Waals surface area contributed by atoms with E-state index in [-0.39, 0.29) is 31.0 Å². The normalized spacial score (nSPS) is 18.7. The zero-order chi connectivity index (χ0) is 9.26. The molecule has 0 radical (unpaired) electrons. The van der Waals surface area contributed by atoms with Gasteiger partial charge in [0.1, 0.15) is 5.75 Å². The molecular weight excluding hydrogens is 191 g/mol. The van der Waals surface area contributed by atoms with Gasteiger partial charge in [-0.15, -0.1) is 0 Å². The van der Waals surface area contributed by atoms with Crippen molar-refractivity contribution < 1.29 is 45.6 Å². The molecule has 2 rings (SSSR count). The molecule has 1 unspecified atom stereocenters. The number of ether oxygens (including phenoxy) is 1. The van der Waals surface area contributed by atoms with E-state index in [1.807, 2.05) is 24.3 Å². The third kappa shape index (κ3) is 2.11. The summed E-state index contributed by atoms with van der Waals surface area (Å²) in [5.74, 6) is -0.457. The van der Waals surface area contributed by atoms with Crippen LogP contribution in [-0.4, -0.2) is 17.7 Å². The molecule has 0 spiro atoms. The van der Waals surface area contributed by atoms with Crippen LogP contribution in [0, 0.1) is 0 Å². The Morgan fingerprint density at radius 3 is 2.93 bits per heavy atom. The van der Waals surface area contributed by atoms with E-state index in [2.05, 4.69) is 0 Å². The first-order valence-electron chi connectivity index (χ1n) is 4.23. The fourth-order valence-corrected chi connectivity index (χ4v) is 1.60. The van der Waals surface area contributed by atoms with Crippen LogP contribution in [0.5, 0.6) is 5.75 Å². The molecule has 1 atom stereocenters. The molecule has 1 N–H and O–H groups in total. The van der Waals surface area contributed by atoms with Gasteiger partial charge in [-0.05, 0) is 12.5 Å². The van der Waals surface area contributed by atoms with E-state index in [0.29, 0.717) is 18.8 Å². The molecule has 0 aliphatic carbocycles. The SMILES string of the molecule is O=C(O)C1CCOc2ccccc21.[H-].[Na+]. The number of hydrogen-bond donors (Lipinski definition) is 1. The molecule has 4 heteroatoms. The van der Waals surface area contributed by atoms with Gasteiger partial charge in [-0.2, -0.15) is 0 Å². The van der Waals surface area contributed by atoms with Gasteiger partial charge in [0.05, 0.1) is 12.5 Å². The largest absolute Gasteiger partial charge is 1.00 e. The zero-order valence-corrected chi connectivity index (χ0v) is 10.1. The average molecular weight is 202 g/mol. The summed E-state index contributed by atoms with van der Waals surface area (Å²) in [4.78, 5) is 10.9. The second-order valence-electron chi connectivity index (χ2n) is 3.07. The molecule has 0 saturated heterocycles. The van der Waals surface area contributed by atoms with Gasteiger partial charge < -0.3 is 11.3 Å². The topological polar surface area (TPSA) is 46.5 Å². The number of carbonyl (C=O) groups is 1. The minimum absolute atomic E-state index is 0. The van der Waals surface area contributed by atoms with E-state index < -0.39 is 11.9 Å². The van der Waals surface area contributed by atoms with Crippen molar-refractivity contribution in [2.24, 2.45) is 0 Å². The smallest absolute Gasteiger partial charge is 1.00 e. The summed E-state index contributed by atoms with van der Waals surface area (Å²) >= 11 is 0. The van der Waals surface area contributed by atoms with Crippen LogP contribution >= 0.6 is 0 Å². The first-order valence-corrected chi connectivity index (χ1v) is 4.23. The van der Waals surface area contributed by atoms with Crippen LogP contribution in [0.4, 0.5) is 0 Å². The van der Waals surface area contributed by atoms with Crippen molar-refractivity contribution in [2.45, 2.75) is 12.3 Å². The van der Waals surface area contributed by atoms with Gasteiger partial charge in [0.2, 0.25) is 0 Å². The van der Waals surface area contributed by atoms with Gasteiger partial charge >= 0.3 is 35.5 Å². The van der Waals surface area contributed by atoms with Crippen molar-refractivity contribution in [3.63, 3.8) is 0 Å². The van der Waals surface area contributed by atoms with Crippen molar-refractivity contribution in [1.82, 2.24) is 0 Å². The Morgan fingerprint density at radius 2 is 2.21 bits per heavy atom. The molecule has 0 saturated carbocycles. The minimum atomic E-state index is -0.768. The van der Waals surface area contributed by atoms with E-state index in [1.165, 1.54) is 0 Å². The van der Waals surface area contributed by atoms with E-state index in [4.69, 9.17) is 9.84 Å². The summed E-state index contributed by atoms with van der Waals surface area (Å²) < 4.78 is 5.34. The Balaban J connectivity index is 0.000000980. The second kappa shape index (κ2) is 4.82. The van der Waals surface area contributed by atoms with Crippen molar-refractivity contribution >= 4 is 5.97 Å². The number of benzene rings is 1. The molecule has 14 heavy (non-hydrogen) atoms. The number of aliphatic carboxylic acids is 1. The first kappa shape index (κ1) is 11.6. The van der Waals surface area contributed by atoms with E-state index in [9.17, 15) is 4.79 Å². The van der Waals surface area contributed by atoms with Gasteiger partial charge in [-0.3, -0.25) is 4.79 Å². The minimum Gasteiger partial charge on any atom is -1.00 e. The van der Waals surface area contributed by atoms with Crippen LogP contribution in [0.1, 0.15) is 19.3 Å². The van der Waals surface area contributed by atoms with Crippen molar-refractivity contribution in [1.29, 1.82) is 0 Å². The summed E-state index contributed by atoms with van der Waals surface area (Å²) in [6.07, 6.45) is 0.562. The van der Waals surface area contributed by atoms with Gasteiger partial charge in [-0.1, -0.05) is 18.2 Å². The summed E-state index contributed by atoms with van der Waals surface area (Å²) in [6, 6.07) is 7.31. The van der Waals surface area contributed by atoms with Crippen molar-refractivity contribution in [3.8, 4) is 5.75 Å². The molecule has 1 aromatic carbocycles. The molecule has 3 nitrogen and oxygen atoms in total. The van der Waals surface area contributed by atoms with Crippen LogP contribution in [0.3, 0.4) is 0 Å². The first-order chi connectivity index (χ1) is 6.29. The quantitative estimate of drug-likeness (QED) is 0.579. The molecular formula is C10H11NaO3. The Bertz CT molecular complexity index is 343. The number of para-hydroxylation sites is 1. The second-order valence-corrected chi connectivity index (χ2v) is 3.07. The maximum atomic E-state index is 10.9. The maximum absolute atomic E-state index is 10.9. The number of rotatable bonds is 1. The fourth-order valence-electron chi connectivity index (χ4n) is 1.60. The van der Waals surface area contributed by atoms with Crippen LogP contribution in [0.15, 0.2) is 24.3 Å². The van der Waals surface area contributed by atoms with Crippen molar-refractivity contribution in [2.75, 3.05) is 6.61 Å². The number of hydrogen-bond acceptors (Lipinski definition) is 2. The third-order valence-corrected chi connectivity index (χ3v) is 2.26. The zero-order valence-electron chi connectivity index (χ0n) is 9.06. The molecule has 1 aliphatic rings. The molecule has 0 aromatic heterocycles. The summed E-state index contributed by atoms with van der Waals surface area (Å²) in [5.41, 5.74) is 0.793. The Hall–Kier alpha value is -0.510. The Morgan fingerprint density at radius 1 is 1.50 bits per heavy atom. The van der Waals surface area contributed by atoms with E-state index in [1.54, 1.807) is 0 Å². The van der Waals surface area contributed by atoms with Gasteiger partial charge in [0.25, 0.3) is 0 Å². The number of fused-ring (bicyclic) bond motifs is 1. The van der Waals surface area contributed by atoms with Crippen LogP contribution < -0.4 is 34.3 Å². The molecule has 0 amide bonds. The molecule has 1 aliphatic heterocycles. The van der Waals surface area contributed by atoms with E-state index >= 15 is 0 Å². The van der Waals surface area contributed by atoms with Gasteiger partial charge in [-0.25, -0.2) is 0 Å². The Kier molecular flexibility index (Phi) is 3.98. The standard InChI is InChI=1S/C10H10O3.Na.H/c11-10(12)8-5-6-13-9-4-2-1-3-7(8)9;;/h1-4,8H,5-6H2,(H,11,12);;/q;+1;-1. The summed E-state index contributed by atoms with van der Waals surface area (Å²) in [6.45, 7) is 0.494. The van der Waals surface area contributed by atoms with Gasteiger partial charge in [0.15, 0.2) is 0 Å². The summed E-state index contributed by atoms with van der Waals surface area (Å²) in [7, 11) is 0. The molecule has 0 fully saturated rings. The predicted molar refractivity (Wildman–Crippen MR) is 48.0 cm³/mol. The van der Waals surface area contributed by atoms with Crippen LogP contribution in [-0.2, 0) is 4.79 Å². The molecule has 1 heterocycles. The molecule has 1 aromatic rings. The van der Waals surface area contributed by atoms with Crippen LogP contribution in [0.2, 0.25) is 0 Å². The predicted octanol–water partition coefficient (Wildman–Crippen LogP) is -1.25. The number of carboxylic acids is 1. The molecule has 0 bridgehead atoms. The third-order valence-electron chi connectivity index (χ3n) is 2.26. The monoisotopic (exact) mass is 202 g/mol. The fraction of sp³-hybridized carbons (Fsp3) is 0.300. The van der Waals surface area contributed by atoms with Crippen molar-refractivity contribution in [3.05, 3.63) is 29.8 Å².